The Hall–Kier alpha value is -5.90. The van der Waals surface area contributed by atoms with Gasteiger partial charge in [-0.25, -0.2) is 0 Å². The first-order valence-electron chi connectivity index (χ1n) is 15.9. The lowest BCUT2D eigenvalue weighted by molar-refractivity contribution is 0.669. The van der Waals surface area contributed by atoms with Crippen molar-refractivity contribution in [3.8, 4) is 11.1 Å². The number of furan rings is 1. The van der Waals surface area contributed by atoms with Crippen LogP contribution in [0, 0.1) is 0 Å². The molecule has 220 valence electrons. The van der Waals surface area contributed by atoms with Crippen LogP contribution in [0.1, 0.15) is 0 Å². The number of hydrogen-bond donors (Lipinski definition) is 0. The maximum atomic E-state index is 6.53. The first-order valence-corrected chi connectivity index (χ1v) is 16.7. The smallest absolute Gasteiger partial charge is 0.138 e. The molecule has 0 radical (unpaired) electrons. The van der Waals surface area contributed by atoms with Gasteiger partial charge in [-0.2, -0.15) is 0 Å². The van der Waals surface area contributed by atoms with E-state index in [4.69, 9.17) is 4.42 Å². The van der Waals surface area contributed by atoms with Crippen LogP contribution in [0.2, 0.25) is 0 Å². The highest BCUT2D eigenvalue weighted by Crippen LogP contribution is 2.48. The van der Waals surface area contributed by atoms with E-state index >= 15 is 0 Å². The highest BCUT2D eigenvalue weighted by atomic mass is 32.1. The van der Waals surface area contributed by atoms with Crippen molar-refractivity contribution in [2.45, 2.75) is 0 Å². The van der Waals surface area contributed by atoms with Gasteiger partial charge in [0.1, 0.15) is 11.2 Å². The topological polar surface area (TPSA) is 16.4 Å². The van der Waals surface area contributed by atoms with Crippen LogP contribution < -0.4 is 4.90 Å². The van der Waals surface area contributed by atoms with Crippen LogP contribution in [-0.2, 0) is 0 Å². The summed E-state index contributed by atoms with van der Waals surface area (Å²) >= 11 is 1.85. The number of benzene rings is 8. The molecule has 0 aliphatic carbocycles. The van der Waals surface area contributed by atoms with Crippen LogP contribution in [0.3, 0.4) is 0 Å². The number of para-hydroxylation sites is 1. The van der Waals surface area contributed by atoms with E-state index in [1.54, 1.807) is 0 Å². The molecule has 2 heterocycles. The predicted octanol–water partition coefficient (Wildman–Crippen LogP) is 13.4. The van der Waals surface area contributed by atoms with E-state index in [-0.39, 0.29) is 0 Å². The molecule has 8 aromatic carbocycles. The average molecular weight is 618 g/mol. The number of nitrogens with zero attached hydrogens (tertiary/aromatic N) is 1. The normalized spacial score (nSPS) is 11.8. The van der Waals surface area contributed by atoms with E-state index in [1.165, 1.54) is 47.5 Å². The predicted molar refractivity (Wildman–Crippen MR) is 202 cm³/mol. The molecule has 0 saturated carbocycles. The molecule has 0 spiro atoms. The Bertz CT molecular complexity index is 2800. The molecule has 10 rings (SSSR count). The first-order chi connectivity index (χ1) is 23.3. The fraction of sp³-hybridized carbons (Fsp3) is 0. The van der Waals surface area contributed by atoms with Crippen LogP contribution in [0.4, 0.5) is 17.1 Å². The molecule has 47 heavy (non-hydrogen) atoms. The molecule has 0 N–H and O–H groups in total. The quantitative estimate of drug-likeness (QED) is 0.195. The second-order valence-corrected chi connectivity index (χ2v) is 13.2. The molecule has 0 atom stereocenters. The largest absolute Gasteiger partial charge is 0.456 e. The minimum Gasteiger partial charge on any atom is -0.456 e. The Morgan fingerprint density at radius 2 is 1.09 bits per heavy atom. The average Bonchev–Trinajstić information content (AvgIpc) is 3.69. The summed E-state index contributed by atoms with van der Waals surface area (Å²) in [7, 11) is 0. The van der Waals surface area contributed by atoms with Crippen molar-refractivity contribution in [1.82, 2.24) is 0 Å². The molecule has 2 aromatic heterocycles. The van der Waals surface area contributed by atoms with E-state index < -0.39 is 0 Å². The van der Waals surface area contributed by atoms with Crippen LogP contribution in [0.15, 0.2) is 168 Å². The van der Waals surface area contributed by atoms with Crippen molar-refractivity contribution >= 4 is 92.1 Å². The lowest BCUT2D eigenvalue weighted by Crippen LogP contribution is -2.11. The van der Waals surface area contributed by atoms with Crippen molar-refractivity contribution in [1.29, 1.82) is 0 Å². The maximum absolute atomic E-state index is 6.53. The van der Waals surface area contributed by atoms with Crippen LogP contribution in [-0.4, -0.2) is 0 Å². The second-order valence-electron chi connectivity index (χ2n) is 12.1. The van der Waals surface area contributed by atoms with Crippen molar-refractivity contribution in [3.63, 3.8) is 0 Å². The lowest BCUT2D eigenvalue weighted by Gasteiger charge is -2.28. The summed E-state index contributed by atoms with van der Waals surface area (Å²) in [5.74, 6) is 0. The third kappa shape index (κ3) is 4.10. The van der Waals surface area contributed by atoms with Gasteiger partial charge < -0.3 is 9.32 Å². The lowest BCUT2D eigenvalue weighted by atomic mass is 9.97. The minimum atomic E-state index is 0.889. The molecule has 0 fully saturated rings. The minimum absolute atomic E-state index is 0.889. The first kappa shape index (κ1) is 26.3. The zero-order valence-electron chi connectivity index (χ0n) is 25.4. The molecular formula is C44H27NOS. The summed E-state index contributed by atoms with van der Waals surface area (Å²) in [6, 6.07) is 59.1. The van der Waals surface area contributed by atoms with Gasteiger partial charge in [0.15, 0.2) is 0 Å². The van der Waals surface area contributed by atoms with E-state index in [0.717, 1.165) is 44.4 Å². The molecule has 3 heteroatoms. The molecule has 0 amide bonds. The number of hydrogen-bond acceptors (Lipinski definition) is 3. The van der Waals surface area contributed by atoms with Gasteiger partial charge in [-0.15, -0.1) is 11.3 Å². The van der Waals surface area contributed by atoms with Gasteiger partial charge in [0.05, 0.1) is 11.1 Å². The SMILES string of the molecule is c1ccc2c(-c3ccc(N(c4ccc5c(c4)sc4ccccc45)c4c5ccccc5cc5oc6ccccc6c45)cc3)cccc2c1. The van der Waals surface area contributed by atoms with Crippen LogP contribution in [0.5, 0.6) is 0 Å². The summed E-state index contributed by atoms with van der Waals surface area (Å²) in [5, 5.41) is 9.66. The van der Waals surface area contributed by atoms with E-state index in [2.05, 4.69) is 163 Å². The summed E-state index contributed by atoms with van der Waals surface area (Å²) in [4.78, 5) is 2.43. The fourth-order valence-corrected chi connectivity index (χ4v) is 8.42. The van der Waals surface area contributed by atoms with E-state index in [1.807, 2.05) is 17.4 Å². The van der Waals surface area contributed by atoms with Gasteiger partial charge in [-0.1, -0.05) is 121 Å². The summed E-state index contributed by atoms with van der Waals surface area (Å²) in [5.41, 5.74) is 7.55. The Morgan fingerprint density at radius 3 is 1.96 bits per heavy atom. The highest BCUT2D eigenvalue weighted by Gasteiger charge is 2.23. The van der Waals surface area contributed by atoms with Gasteiger partial charge in [0.2, 0.25) is 0 Å². The molecular weight excluding hydrogens is 591 g/mol. The molecule has 0 bridgehead atoms. The third-order valence-electron chi connectivity index (χ3n) is 9.43. The Morgan fingerprint density at radius 1 is 0.426 bits per heavy atom. The van der Waals surface area contributed by atoms with Crippen molar-refractivity contribution in [3.05, 3.63) is 164 Å². The second kappa shape index (κ2) is 10.3. The van der Waals surface area contributed by atoms with Crippen molar-refractivity contribution in [2.24, 2.45) is 0 Å². The Labute approximate surface area is 275 Å². The maximum Gasteiger partial charge on any atom is 0.138 e. The molecule has 10 aromatic rings. The molecule has 0 aliphatic rings. The fourth-order valence-electron chi connectivity index (χ4n) is 7.29. The summed E-state index contributed by atoms with van der Waals surface area (Å²) in [6.07, 6.45) is 0. The summed E-state index contributed by atoms with van der Waals surface area (Å²) in [6.45, 7) is 0. The Kier molecular flexibility index (Phi) is 5.78. The van der Waals surface area contributed by atoms with Gasteiger partial charge >= 0.3 is 0 Å². The van der Waals surface area contributed by atoms with Crippen LogP contribution >= 0.6 is 11.3 Å². The van der Waals surface area contributed by atoms with Gasteiger partial charge in [-0.3, -0.25) is 0 Å². The summed E-state index contributed by atoms with van der Waals surface area (Å²) < 4.78 is 9.10. The number of fused-ring (bicyclic) bond motifs is 8. The molecule has 2 nitrogen and oxygen atoms in total. The number of rotatable bonds is 4. The highest BCUT2D eigenvalue weighted by molar-refractivity contribution is 7.25. The van der Waals surface area contributed by atoms with Gasteiger partial charge in [0, 0.05) is 42.3 Å². The van der Waals surface area contributed by atoms with Crippen molar-refractivity contribution in [2.75, 3.05) is 4.90 Å². The number of anilines is 3. The zero-order valence-corrected chi connectivity index (χ0v) is 26.2. The third-order valence-corrected chi connectivity index (χ3v) is 10.6. The van der Waals surface area contributed by atoms with Gasteiger partial charge in [-0.05, 0) is 69.8 Å². The standard InChI is InChI=1S/C44H27NOS/c1-3-13-33-28(10-1)12-9-17-34(33)29-20-22-31(23-21-29)45(32-24-25-37-36-15-6-8-19-41(36)47-42(37)27-32)44-35-14-4-2-11-30(35)26-40-43(44)38-16-5-7-18-39(38)46-40/h1-27H. The molecule has 0 aliphatic heterocycles. The molecule has 0 saturated heterocycles. The molecule has 0 unspecified atom stereocenters. The van der Waals surface area contributed by atoms with E-state index in [9.17, 15) is 0 Å². The Balaban J connectivity index is 1.26. The number of thiophene rings is 1. The van der Waals surface area contributed by atoms with Crippen molar-refractivity contribution < 1.29 is 4.42 Å². The van der Waals surface area contributed by atoms with Crippen LogP contribution in [0.25, 0.3) is 74.8 Å². The van der Waals surface area contributed by atoms with Gasteiger partial charge in [0.25, 0.3) is 0 Å². The monoisotopic (exact) mass is 617 g/mol. The zero-order chi connectivity index (χ0) is 30.9. The van der Waals surface area contributed by atoms with E-state index in [0.29, 0.717) is 0 Å².